The predicted molar refractivity (Wildman–Crippen MR) is 92.2 cm³/mol. The van der Waals surface area contributed by atoms with Crippen LogP contribution in [0.15, 0.2) is 37.5 Å². The van der Waals surface area contributed by atoms with E-state index >= 15 is 0 Å². The molecule has 19 heavy (non-hydrogen) atoms. The number of hydrogen-bond acceptors (Lipinski definition) is 1. The van der Waals surface area contributed by atoms with Gasteiger partial charge in [-0.3, -0.25) is 0 Å². The van der Waals surface area contributed by atoms with Gasteiger partial charge in [0.25, 0.3) is 0 Å². The van der Waals surface area contributed by atoms with Crippen LogP contribution in [-0.2, 0) is 4.43 Å². The molecule has 0 aromatic heterocycles. The normalized spacial score (nSPS) is 13.8. The third kappa shape index (κ3) is 15.3. The van der Waals surface area contributed by atoms with Crippen molar-refractivity contribution in [3.05, 3.63) is 37.5 Å². The molecule has 0 saturated carbocycles. The maximum absolute atomic E-state index is 5.18. The molecule has 0 radical (unpaired) electrons. The minimum Gasteiger partial charge on any atom is -0.421 e. The summed E-state index contributed by atoms with van der Waals surface area (Å²) in [6.45, 7) is 19.3. The van der Waals surface area contributed by atoms with E-state index in [0.717, 1.165) is 13.0 Å². The van der Waals surface area contributed by atoms with E-state index in [4.69, 9.17) is 4.43 Å². The fourth-order valence-corrected chi connectivity index (χ4v) is 2.42. The molecule has 0 N–H and O–H groups in total. The quantitative estimate of drug-likeness (QED) is 0.408. The lowest BCUT2D eigenvalue weighted by Gasteiger charge is -2.15. The fourth-order valence-electron chi connectivity index (χ4n) is 1.75. The van der Waals surface area contributed by atoms with Crippen molar-refractivity contribution < 1.29 is 4.43 Å². The molecule has 0 aromatic carbocycles. The summed E-state index contributed by atoms with van der Waals surface area (Å²) in [6, 6.07) is 0. The Balaban J connectivity index is 0. The Hall–Kier alpha value is -0.603. The second kappa shape index (κ2) is 15.5. The molecule has 0 saturated heterocycles. The van der Waals surface area contributed by atoms with Crippen molar-refractivity contribution in [1.29, 1.82) is 0 Å². The largest absolute Gasteiger partial charge is 0.421 e. The van der Waals surface area contributed by atoms with Crippen molar-refractivity contribution >= 4 is 9.04 Å². The molecule has 112 valence electrons. The summed E-state index contributed by atoms with van der Waals surface area (Å²) in [6.07, 6.45) is 11.9. The molecule has 0 spiro atoms. The second-order valence-electron chi connectivity index (χ2n) is 4.94. The minimum atomic E-state index is -0.671. The van der Waals surface area contributed by atoms with E-state index in [-0.39, 0.29) is 0 Å². The van der Waals surface area contributed by atoms with Gasteiger partial charge < -0.3 is 4.43 Å². The lowest BCUT2D eigenvalue weighted by molar-refractivity contribution is 0.350. The van der Waals surface area contributed by atoms with Gasteiger partial charge in [0.2, 0.25) is 0 Å². The topological polar surface area (TPSA) is 9.23 Å². The Labute approximate surface area is 123 Å². The van der Waals surface area contributed by atoms with Crippen LogP contribution in [0.5, 0.6) is 0 Å². The Morgan fingerprint density at radius 1 is 1.11 bits per heavy atom. The summed E-state index contributed by atoms with van der Waals surface area (Å²) in [5.41, 5.74) is 0. The van der Waals surface area contributed by atoms with Crippen LogP contribution in [0.4, 0.5) is 0 Å². The van der Waals surface area contributed by atoms with Crippen molar-refractivity contribution in [1.82, 2.24) is 0 Å². The van der Waals surface area contributed by atoms with Crippen LogP contribution in [-0.4, -0.2) is 15.6 Å². The molecule has 0 aromatic rings. The van der Waals surface area contributed by atoms with E-state index in [2.05, 4.69) is 64.4 Å². The molecule has 0 rings (SSSR count). The first-order chi connectivity index (χ1) is 9.05. The molecule has 0 heterocycles. The standard InChI is InChI=1S/C13H22.C4H12OSi/c1-5-9-10-13(8-4)11-12(6-2)7-3;1-4-5-6(2)3/h5-6,8-9,12-13H,2,4,7,10-11H2,1,3H3;6H,4H2,1-3H3/b9-5+;. The summed E-state index contributed by atoms with van der Waals surface area (Å²) in [7, 11) is -0.671. The van der Waals surface area contributed by atoms with Crippen LogP contribution in [0.3, 0.4) is 0 Å². The van der Waals surface area contributed by atoms with Crippen LogP contribution in [0.25, 0.3) is 0 Å². The maximum atomic E-state index is 5.18. The summed E-state index contributed by atoms with van der Waals surface area (Å²) < 4.78 is 5.18. The smallest absolute Gasteiger partial charge is 0.170 e. The van der Waals surface area contributed by atoms with E-state index in [0.29, 0.717) is 11.8 Å². The Bertz CT molecular complexity index is 233. The van der Waals surface area contributed by atoms with Crippen molar-refractivity contribution in [3.8, 4) is 0 Å². The molecule has 0 amide bonds. The van der Waals surface area contributed by atoms with Gasteiger partial charge in [-0.05, 0) is 58.0 Å². The average molecular weight is 283 g/mol. The molecular weight excluding hydrogens is 248 g/mol. The molecule has 2 atom stereocenters. The van der Waals surface area contributed by atoms with Crippen LogP contribution in [0.2, 0.25) is 13.1 Å². The minimum absolute atomic E-state index is 0.610. The number of hydrogen-bond donors (Lipinski definition) is 0. The van der Waals surface area contributed by atoms with E-state index in [1.807, 2.05) is 6.92 Å². The molecule has 2 unspecified atom stereocenters. The zero-order valence-corrected chi connectivity index (χ0v) is 14.8. The summed E-state index contributed by atoms with van der Waals surface area (Å²) in [5, 5.41) is 0. The fraction of sp³-hybridized carbons (Fsp3) is 0.647. The average Bonchev–Trinajstić information content (AvgIpc) is 2.40. The Morgan fingerprint density at radius 2 is 1.68 bits per heavy atom. The van der Waals surface area contributed by atoms with Crippen LogP contribution in [0, 0.1) is 11.8 Å². The molecule has 0 aliphatic rings. The molecular formula is C17H34OSi. The third-order valence-corrected chi connectivity index (χ3v) is 3.97. The number of allylic oxidation sites excluding steroid dienone is 4. The highest BCUT2D eigenvalue weighted by Gasteiger charge is 2.08. The first kappa shape index (κ1) is 20.7. The zero-order chi connectivity index (χ0) is 15.1. The van der Waals surface area contributed by atoms with Gasteiger partial charge >= 0.3 is 0 Å². The zero-order valence-electron chi connectivity index (χ0n) is 13.7. The highest BCUT2D eigenvalue weighted by Crippen LogP contribution is 2.20. The Morgan fingerprint density at radius 3 is 1.95 bits per heavy atom. The van der Waals surface area contributed by atoms with Gasteiger partial charge in [0.1, 0.15) is 0 Å². The number of rotatable bonds is 9. The third-order valence-electron chi connectivity index (χ3n) is 2.97. The van der Waals surface area contributed by atoms with E-state index in [9.17, 15) is 0 Å². The van der Waals surface area contributed by atoms with E-state index in [1.54, 1.807) is 0 Å². The molecule has 1 nitrogen and oxygen atoms in total. The maximum Gasteiger partial charge on any atom is 0.170 e. The molecule has 0 aliphatic carbocycles. The molecule has 0 fully saturated rings. The van der Waals surface area contributed by atoms with E-state index in [1.165, 1.54) is 12.8 Å². The van der Waals surface area contributed by atoms with Gasteiger partial charge in [0.05, 0.1) is 0 Å². The van der Waals surface area contributed by atoms with Crippen LogP contribution in [0.1, 0.15) is 40.0 Å². The van der Waals surface area contributed by atoms with Gasteiger partial charge in [0.15, 0.2) is 9.04 Å². The first-order valence-electron chi connectivity index (χ1n) is 7.53. The summed E-state index contributed by atoms with van der Waals surface area (Å²) in [5.74, 6) is 1.26. The molecule has 0 bridgehead atoms. The molecule has 0 aliphatic heterocycles. The Kier molecular flexibility index (Phi) is 16.8. The van der Waals surface area contributed by atoms with Crippen molar-refractivity contribution in [2.75, 3.05) is 6.61 Å². The first-order valence-corrected chi connectivity index (χ1v) is 10.3. The lowest BCUT2D eigenvalue weighted by atomic mass is 9.90. The van der Waals surface area contributed by atoms with Crippen molar-refractivity contribution in [2.45, 2.75) is 53.1 Å². The predicted octanol–water partition coefficient (Wildman–Crippen LogP) is 5.36. The SMILES string of the molecule is C=CC(CC)CC(C=C)C/C=C/C.CCO[SiH](C)C. The highest BCUT2D eigenvalue weighted by atomic mass is 28.3. The van der Waals surface area contributed by atoms with Crippen molar-refractivity contribution in [2.24, 2.45) is 11.8 Å². The van der Waals surface area contributed by atoms with Gasteiger partial charge in [-0.2, -0.15) is 0 Å². The van der Waals surface area contributed by atoms with Crippen molar-refractivity contribution in [3.63, 3.8) is 0 Å². The van der Waals surface area contributed by atoms with Gasteiger partial charge in [-0.15, -0.1) is 13.2 Å². The van der Waals surface area contributed by atoms with Crippen LogP contribution < -0.4 is 0 Å². The monoisotopic (exact) mass is 282 g/mol. The van der Waals surface area contributed by atoms with Gasteiger partial charge in [-0.25, -0.2) is 0 Å². The van der Waals surface area contributed by atoms with Crippen LogP contribution >= 0.6 is 0 Å². The summed E-state index contributed by atoms with van der Waals surface area (Å²) >= 11 is 0. The van der Waals surface area contributed by atoms with Gasteiger partial charge in [-0.1, -0.05) is 31.2 Å². The second-order valence-corrected chi connectivity index (χ2v) is 7.38. The highest BCUT2D eigenvalue weighted by molar-refractivity contribution is 6.48. The lowest BCUT2D eigenvalue weighted by Crippen LogP contribution is -2.05. The molecule has 2 heteroatoms. The summed E-state index contributed by atoms with van der Waals surface area (Å²) in [4.78, 5) is 0. The van der Waals surface area contributed by atoms with Gasteiger partial charge in [0, 0.05) is 6.61 Å². The van der Waals surface area contributed by atoms with E-state index < -0.39 is 9.04 Å².